The Kier molecular flexibility index (Phi) is 4.74. The Morgan fingerprint density at radius 3 is 2.31 bits per heavy atom. The van der Waals surface area contributed by atoms with E-state index < -0.39 is 0 Å². The van der Waals surface area contributed by atoms with Gasteiger partial charge < -0.3 is 0 Å². The van der Waals surface area contributed by atoms with E-state index >= 15 is 0 Å². The third-order valence-corrected chi connectivity index (χ3v) is 5.28. The smallest absolute Gasteiger partial charge is 0.258 e. The Bertz CT molecular complexity index is 1440. The van der Waals surface area contributed by atoms with Gasteiger partial charge in [-0.05, 0) is 32.0 Å². The van der Waals surface area contributed by atoms with Crippen LogP contribution in [-0.2, 0) is 7.05 Å². The third kappa shape index (κ3) is 3.41. The van der Waals surface area contributed by atoms with Gasteiger partial charge in [0.1, 0.15) is 5.82 Å². The molecule has 0 saturated heterocycles. The van der Waals surface area contributed by atoms with Crippen LogP contribution in [0.25, 0.3) is 28.0 Å². The number of anilines is 1. The molecule has 0 spiro atoms. The molecule has 32 heavy (non-hydrogen) atoms. The van der Waals surface area contributed by atoms with E-state index in [1.807, 2.05) is 81.6 Å². The summed E-state index contributed by atoms with van der Waals surface area (Å²) in [6, 6.07) is 21.2. The number of nitrogens with one attached hydrogen (secondary N) is 1. The van der Waals surface area contributed by atoms with E-state index in [1.54, 1.807) is 15.4 Å². The molecule has 1 amide bonds. The molecule has 1 N–H and O–H groups in total. The monoisotopic (exact) mass is 423 g/mol. The molecular weight excluding hydrogens is 402 g/mol. The molecule has 0 radical (unpaired) electrons. The summed E-state index contributed by atoms with van der Waals surface area (Å²) in [5.74, 6) is 0.605. The first-order chi connectivity index (χ1) is 15.5. The SMILES string of the molecule is Cc1nn(C)c2nc(-c3ccccc3)cc(C(=O)Nc3nc(C)n(-c4ccccc4)n3)c12. The second kappa shape index (κ2) is 7.73. The first-order valence-electron chi connectivity index (χ1n) is 10.2. The van der Waals surface area contributed by atoms with Gasteiger partial charge in [0.2, 0.25) is 5.95 Å². The maximum atomic E-state index is 13.4. The molecular formula is C24H21N7O. The van der Waals surface area contributed by atoms with Crippen molar-refractivity contribution in [1.82, 2.24) is 29.5 Å². The van der Waals surface area contributed by atoms with Crippen LogP contribution >= 0.6 is 0 Å². The van der Waals surface area contributed by atoms with Gasteiger partial charge in [0, 0.05) is 12.6 Å². The number of rotatable bonds is 4. The highest BCUT2D eigenvalue weighted by Crippen LogP contribution is 2.27. The molecule has 0 saturated carbocycles. The largest absolute Gasteiger partial charge is 0.289 e. The number of fused-ring (bicyclic) bond motifs is 1. The summed E-state index contributed by atoms with van der Waals surface area (Å²) >= 11 is 0. The predicted molar refractivity (Wildman–Crippen MR) is 123 cm³/mol. The summed E-state index contributed by atoms with van der Waals surface area (Å²) in [5.41, 5.74) is 4.36. The van der Waals surface area contributed by atoms with Gasteiger partial charge in [0.15, 0.2) is 5.65 Å². The number of hydrogen-bond acceptors (Lipinski definition) is 5. The summed E-state index contributed by atoms with van der Waals surface area (Å²) in [6.45, 7) is 3.72. The Morgan fingerprint density at radius 1 is 0.906 bits per heavy atom. The van der Waals surface area contributed by atoms with Crippen molar-refractivity contribution >= 4 is 22.9 Å². The van der Waals surface area contributed by atoms with E-state index in [4.69, 9.17) is 4.98 Å². The molecule has 5 aromatic rings. The first kappa shape index (κ1) is 19.6. The summed E-state index contributed by atoms with van der Waals surface area (Å²) in [5, 5.41) is 12.5. The average molecular weight is 423 g/mol. The van der Waals surface area contributed by atoms with E-state index in [0.717, 1.165) is 16.9 Å². The first-order valence-corrected chi connectivity index (χ1v) is 10.2. The Morgan fingerprint density at radius 2 is 1.59 bits per heavy atom. The van der Waals surface area contributed by atoms with Crippen LogP contribution in [0.4, 0.5) is 5.95 Å². The number of carbonyl (C=O) groups is 1. The highest BCUT2D eigenvalue weighted by Gasteiger charge is 2.21. The summed E-state index contributed by atoms with van der Waals surface area (Å²) in [4.78, 5) is 22.5. The van der Waals surface area contributed by atoms with E-state index in [0.29, 0.717) is 28.1 Å². The number of amides is 1. The van der Waals surface area contributed by atoms with Crippen LogP contribution in [0, 0.1) is 13.8 Å². The van der Waals surface area contributed by atoms with Crippen molar-refractivity contribution < 1.29 is 4.79 Å². The van der Waals surface area contributed by atoms with E-state index in [9.17, 15) is 4.79 Å². The van der Waals surface area contributed by atoms with Crippen LogP contribution in [0.15, 0.2) is 66.7 Å². The maximum Gasteiger partial charge on any atom is 0.258 e. The minimum absolute atomic E-state index is 0.240. The molecule has 0 fully saturated rings. The Hall–Kier alpha value is -4.33. The molecule has 158 valence electrons. The number of hydrogen-bond donors (Lipinski definition) is 1. The molecule has 2 aromatic carbocycles. The zero-order valence-electron chi connectivity index (χ0n) is 17.9. The molecule has 0 aliphatic rings. The van der Waals surface area contributed by atoms with E-state index in [-0.39, 0.29) is 11.9 Å². The van der Waals surface area contributed by atoms with Crippen molar-refractivity contribution in [3.8, 4) is 16.9 Å². The summed E-state index contributed by atoms with van der Waals surface area (Å²) in [7, 11) is 1.82. The number of carbonyl (C=O) groups excluding carboxylic acids is 1. The number of aromatic nitrogens is 6. The fourth-order valence-electron chi connectivity index (χ4n) is 3.81. The van der Waals surface area contributed by atoms with Crippen LogP contribution < -0.4 is 5.32 Å². The van der Waals surface area contributed by atoms with Crippen LogP contribution in [0.5, 0.6) is 0 Å². The van der Waals surface area contributed by atoms with E-state index in [1.165, 1.54) is 0 Å². The fraction of sp³-hybridized carbons (Fsp3) is 0.125. The quantitative estimate of drug-likeness (QED) is 0.470. The zero-order chi connectivity index (χ0) is 22.2. The molecule has 3 heterocycles. The van der Waals surface area contributed by atoms with Crippen LogP contribution in [0.1, 0.15) is 21.9 Å². The van der Waals surface area contributed by atoms with Crippen molar-refractivity contribution in [2.24, 2.45) is 7.05 Å². The second-order valence-corrected chi connectivity index (χ2v) is 7.51. The lowest BCUT2D eigenvalue weighted by molar-refractivity contribution is 0.102. The molecule has 0 bridgehead atoms. The van der Waals surface area contributed by atoms with Crippen molar-refractivity contribution in [3.05, 3.63) is 83.8 Å². The molecule has 5 rings (SSSR count). The highest BCUT2D eigenvalue weighted by atomic mass is 16.1. The van der Waals surface area contributed by atoms with Crippen molar-refractivity contribution in [1.29, 1.82) is 0 Å². The normalized spacial score (nSPS) is 11.1. The molecule has 8 nitrogen and oxygen atoms in total. The molecule has 0 aliphatic heterocycles. The van der Waals surface area contributed by atoms with Gasteiger partial charge in [0.25, 0.3) is 5.91 Å². The number of pyridine rings is 1. The van der Waals surface area contributed by atoms with Gasteiger partial charge in [-0.3, -0.25) is 14.8 Å². The standard InChI is InChI=1S/C24H21N7O/c1-15-21-19(14-20(17-10-6-4-7-11-17)26-22(21)30(3)28-15)23(32)27-24-25-16(2)31(29-24)18-12-8-5-9-13-18/h4-14H,1-3H3,(H,27,29,32). The molecule has 8 heteroatoms. The lowest BCUT2D eigenvalue weighted by atomic mass is 10.1. The van der Waals surface area contributed by atoms with Crippen LogP contribution in [0.3, 0.4) is 0 Å². The molecule has 0 aliphatic carbocycles. The topological polar surface area (TPSA) is 90.5 Å². The van der Waals surface area contributed by atoms with Gasteiger partial charge in [0.05, 0.1) is 28.0 Å². The van der Waals surface area contributed by atoms with E-state index in [2.05, 4.69) is 20.5 Å². The maximum absolute atomic E-state index is 13.4. The minimum Gasteiger partial charge on any atom is -0.289 e. The van der Waals surface area contributed by atoms with Gasteiger partial charge in [-0.25, -0.2) is 9.67 Å². The van der Waals surface area contributed by atoms with Crippen molar-refractivity contribution in [2.45, 2.75) is 13.8 Å². The summed E-state index contributed by atoms with van der Waals surface area (Å²) < 4.78 is 3.39. The van der Waals surface area contributed by atoms with Crippen LogP contribution in [-0.4, -0.2) is 35.4 Å². The lowest BCUT2D eigenvalue weighted by Gasteiger charge is -2.08. The number of aryl methyl sites for hydroxylation is 3. The fourth-order valence-corrected chi connectivity index (χ4v) is 3.81. The van der Waals surface area contributed by atoms with Crippen molar-refractivity contribution in [2.75, 3.05) is 5.32 Å². The highest BCUT2D eigenvalue weighted by molar-refractivity contribution is 6.12. The number of nitrogens with zero attached hydrogens (tertiary/aromatic N) is 6. The minimum atomic E-state index is -0.309. The molecule has 0 atom stereocenters. The zero-order valence-corrected chi connectivity index (χ0v) is 17.9. The summed E-state index contributed by atoms with van der Waals surface area (Å²) in [6.07, 6.45) is 0. The lowest BCUT2D eigenvalue weighted by Crippen LogP contribution is -2.14. The Balaban J connectivity index is 1.57. The number of para-hydroxylation sites is 1. The van der Waals surface area contributed by atoms with Gasteiger partial charge in [-0.1, -0.05) is 48.5 Å². The molecule has 0 unspecified atom stereocenters. The predicted octanol–water partition coefficient (Wildman–Crippen LogP) is 4.09. The van der Waals surface area contributed by atoms with Gasteiger partial charge in [-0.15, -0.1) is 5.10 Å². The van der Waals surface area contributed by atoms with Crippen LogP contribution in [0.2, 0.25) is 0 Å². The second-order valence-electron chi connectivity index (χ2n) is 7.51. The van der Waals surface area contributed by atoms with Gasteiger partial charge in [-0.2, -0.15) is 10.1 Å². The van der Waals surface area contributed by atoms with Crippen molar-refractivity contribution in [3.63, 3.8) is 0 Å². The average Bonchev–Trinajstić information content (AvgIpc) is 3.32. The Labute approximate surface area is 184 Å². The molecule has 3 aromatic heterocycles. The third-order valence-electron chi connectivity index (χ3n) is 5.28. The number of benzene rings is 2. The van der Waals surface area contributed by atoms with Gasteiger partial charge >= 0.3 is 0 Å².